The van der Waals surface area contributed by atoms with Gasteiger partial charge < -0.3 is 11.1 Å². The van der Waals surface area contributed by atoms with E-state index in [1.54, 1.807) is 6.07 Å². The van der Waals surface area contributed by atoms with E-state index in [1.165, 1.54) is 0 Å². The molecule has 0 atom stereocenters. The highest BCUT2D eigenvalue weighted by atomic mass is 35.5. The number of carbonyl (C=O) groups is 1. The molecule has 0 saturated heterocycles. The number of carbonyl (C=O) groups excluding carboxylic acids is 1. The van der Waals surface area contributed by atoms with Crippen molar-refractivity contribution < 1.29 is 4.79 Å². The van der Waals surface area contributed by atoms with Gasteiger partial charge in [-0.2, -0.15) is 5.10 Å². The van der Waals surface area contributed by atoms with Crippen molar-refractivity contribution in [1.82, 2.24) is 9.78 Å². The van der Waals surface area contributed by atoms with E-state index >= 15 is 0 Å². The van der Waals surface area contributed by atoms with Crippen molar-refractivity contribution >= 4 is 29.7 Å². The van der Waals surface area contributed by atoms with Crippen LogP contribution in [0.15, 0.2) is 18.2 Å². The first-order valence-electron chi connectivity index (χ1n) is 7.96. The van der Waals surface area contributed by atoms with Crippen molar-refractivity contribution in [2.24, 2.45) is 5.92 Å². The second kappa shape index (κ2) is 8.20. The minimum absolute atomic E-state index is 0. The van der Waals surface area contributed by atoms with Gasteiger partial charge in [0.25, 0.3) is 0 Å². The predicted molar refractivity (Wildman–Crippen MR) is 102 cm³/mol. The van der Waals surface area contributed by atoms with E-state index in [2.05, 4.69) is 24.3 Å². The number of aryl methyl sites for hydroxylation is 2. The number of amides is 1. The molecule has 0 aliphatic carbocycles. The highest BCUT2D eigenvalue weighted by molar-refractivity contribution is 5.93. The Morgan fingerprint density at radius 1 is 1.29 bits per heavy atom. The fourth-order valence-corrected chi connectivity index (χ4v) is 2.64. The SMILES string of the molecule is Cc1ccc(N)cc1NC(=O)Cc1c(C)nn(CC(C)C)c1C.Cl. The molecule has 3 N–H and O–H groups in total. The molecule has 24 heavy (non-hydrogen) atoms. The highest BCUT2D eigenvalue weighted by Crippen LogP contribution is 2.20. The van der Waals surface area contributed by atoms with Crippen LogP contribution in [-0.4, -0.2) is 15.7 Å². The zero-order valence-electron chi connectivity index (χ0n) is 15.0. The van der Waals surface area contributed by atoms with E-state index in [9.17, 15) is 4.79 Å². The van der Waals surface area contributed by atoms with E-state index in [-0.39, 0.29) is 18.3 Å². The Labute approximate surface area is 150 Å². The fourth-order valence-electron chi connectivity index (χ4n) is 2.64. The third-order valence-corrected chi connectivity index (χ3v) is 3.94. The molecule has 0 aliphatic heterocycles. The van der Waals surface area contributed by atoms with E-state index in [0.717, 1.165) is 34.7 Å². The van der Waals surface area contributed by atoms with Gasteiger partial charge in [0.2, 0.25) is 5.91 Å². The lowest BCUT2D eigenvalue weighted by molar-refractivity contribution is -0.115. The van der Waals surface area contributed by atoms with Crippen molar-refractivity contribution in [1.29, 1.82) is 0 Å². The smallest absolute Gasteiger partial charge is 0.228 e. The number of nitrogens with zero attached hydrogens (tertiary/aromatic N) is 2. The summed E-state index contributed by atoms with van der Waals surface area (Å²) in [5.74, 6) is 0.471. The molecule has 2 aromatic rings. The molecule has 132 valence electrons. The van der Waals surface area contributed by atoms with Gasteiger partial charge in [-0.05, 0) is 44.4 Å². The summed E-state index contributed by atoms with van der Waals surface area (Å²) in [6.07, 6.45) is 0.323. The van der Waals surface area contributed by atoms with Crippen molar-refractivity contribution in [3.05, 3.63) is 40.7 Å². The number of rotatable bonds is 5. The number of anilines is 2. The molecule has 0 saturated carbocycles. The van der Waals surface area contributed by atoms with E-state index in [0.29, 0.717) is 18.0 Å². The number of nitrogen functional groups attached to an aromatic ring is 1. The van der Waals surface area contributed by atoms with Gasteiger partial charge in [-0.1, -0.05) is 19.9 Å². The average Bonchev–Trinajstić information content (AvgIpc) is 2.70. The molecule has 0 spiro atoms. The zero-order valence-corrected chi connectivity index (χ0v) is 15.8. The van der Waals surface area contributed by atoms with Gasteiger partial charge in [-0.25, -0.2) is 0 Å². The van der Waals surface area contributed by atoms with Crippen LogP contribution in [0.4, 0.5) is 11.4 Å². The fraction of sp³-hybridized carbons (Fsp3) is 0.444. The van der Waals surface area contributed by atoms with Gasteiger partial charge in [0.15, 0.2) is 0 Å². The van der Waals surface area contributed by atoms with Gasteiger partial charge in [0.05, 0.1) is 12.1 Å². The maximum atomic E-state index is 12.4. The van der Waals surface area contributed by atoms with Crippen molar-refractivity contribution in [3.8, 4) is 0 Å². The second-order valence-corrected chi connectivity index (χ2v) is 6.52. The number of aromatic nitrogens is 2. The Morgan fingerprint density at radius 2 is 1.96 bits per heavy atom. The second-order valence-electron chi connectivity index (χ2n) is 6.52. The topological polar surface area (TPSA) is 72.9 Å². The van der Waals surface area contributed by atoms with Crippen LogP contribution in [0, 0.1) is 26.7 Å². The first-order chi connectivity index (χ1) is 10.8. The number of nitrogens with one attached hydrogen (secondary N) is 1. The monoisotopic (exact) mass is 350 g/mol. The number of halogens is 1. The van der Waals surface area contributed by atoms with Crippen LogP contribution in [0.25, 0.3) is 0 Å². The molecular weight excluding hydrogens is 324 g/mol. The summed E-state index contributed by atoms with van der Waals surface area (Å²) in [5, 5.41) is 7.51. The summed E-state index contributed by atoms with van der Waals surface area (Å²) in [7, 11) is 0. The van der Waals surface area contributed by atoms with E-state index < -0.39 is 0 Å². The van der Waals surface area contributed by atoms with Crippen molar-refractivity contribution in [2.75, 3.05) is 11.1 Å². The largest absolute Gasteiger partial charge is 0.399 e. The summed E-state index contributed by atoms with van der Waals surface area (Å²) in [4.78, 5) is 12.4. The Kier molecular flexibility index (Phi) is 6.84. The summed E-state index contributed by atoms with van der Waals surface area (Å²) < 4.78 is 1.99. The van der Waals surface area contributed by atoms with Crippen LogP contribution in [0.1, 0.15) is 36.4 Å². The minimum Gasteiger partial charge on any atom is -0.399 e. The van der Waals surface area contributed by atoms with Gasteiger partial charge in [-0.3, -0.25) is 9.48 Å². The molecule has 0 aliphatic rings. The molecule has 0 fully saturated rings. The number of benzene rings is 1. The Hall–Kier alpha value is -2.01. The van der Waals surface area contributed by atoms with E-state index in [4.69, 9.17) is 5.73 Å². The number of hydrogen-bond donors (Lipinski definition) is 2. The number of hydrogen-bond acceptors (Lipinski definition) is 3. The normalized spacial score (nSPS) is 10.6. The molecule has 2 rings (SSSR count). The van der Waals surface area contributed by atoms with Crippen molar-refractivity contribution in [3.63, 3.8) is 0 Å². The molecule has 5 nitrogen and oxygen atoms in total. The Balaban J connectivity index is 0.00000288. The van der Waals surface area contributed by atoms with Crippen LogP contribution in [-0.2, 0) is 17.8 Å². The summed E-state index contributed by atoms with van der Waals surface area (Å²) >= 11 is 0. The lowest BCUT2D eigenvalue weighted by atomic mass is 10.1. The highest BCUT2D eigenvalue weighted by Gasteiger charge is 2.16. The van der Waals surface area contributed by atoms with Gasteiger partial charge in [0, 0.05) is 29.2 Å². The molecule has 1 aromatic carbocycles. The summed E-state index contributed by atoms with van der Waals surface area (Å²) in [5.41, 5.74) is 11.2. The maximum Gasteiger partial charge on any atom is 0.228 e. The van der Waals surface area contributed by atoms with Crippen LogP contribution in [0.3, 0.4) is 0 Å². The summed E-state index contributed by atoms with van der Waals surface area (Å²) in [6, 6.07) is 5.52. The maximum absolute atomic E-state index is 12.4. The molecule has 0 radical (unpaired) electrons. The zero-order chi connectivity index (χ0) is 17.1. The average molecular weight is 351 g/mol. The van der Waals surface area contributed by atoms with Crippen LogP contribution in [0.5, 0.6) is 0 Å². The Bertz CT molecular complexity index is 722. The summed E-state index contributed by atoms with van der Waals surface area (Å²) in [6.45, 7) is 11.1. The predicted octanol–water partition coefficient (Wildman–Crippen LogP) is 3.65. The standard InChI is InChI=1S/C18H26N4O.ClH/c1-11(2)10-22-14(5)16(13(4)21-22)9-18(23)20-17-8-15(19)7-6-12(17)3;/h6-8,11H,9-10,19H2,1-5H3,(H,20,23);1H. The molecular formula is C18H27ClN4O. The first-order valence-corrected chi connectivity index (χ1v) is 7.96. The van der Waals surface area contributed by atoms with Crippen molar-refractivity contribution in [2.45, 2.75) is 47.6 Å². The molecule has 1 aromatic heterocycles. The lowest BCUT2D eigenvalue weighted by Gasteiger charge is -2.10. The van der Waals surface area contributed by atoms with Crippen LogP contribution >= 0.6 is 12.4 Å². The molecule has 1 heterocycles. The van der Waals surface area contributed by atoms with Gasteiger partial charge in [-0.15, -0.1) is 12.4 Å². The first kappa shape index (κ1) is 20.0. The molecule has 0 bridgehead atoms. The molecule has 6 heteroatoms. The molecule has 1 amide bonds. The molecule has 0 unspecified atom stereocenters. The van der Waals surface area contributed by atoms with Gasteiger partial charge in [0.1, 0.15) is 0 Å². The third-order valence-electron chi connectivity index (χ3n) is 3.94. The quantitative estimate of drug-likeness (QED) is 0.808. The van der Waals surface area contributed by atoms with Crippen LogP contribution in [0.2, 0.25) is 0 Å². The van der Waals surface area contributed by atoms with E-state index in [1.807, 2.05) is 37.6 Å². The van der Waals surface area contributed by atoms with Gasteiger partial charge >= 0.3 is 0 Å². The lowest BCUT2D eigenvalue weighted by Crippen LogP contribution is -2.16. The third kappa shape index (κ3) is 4.74. The minimum atomic E-state index is -0.0472. The number of nitrogens with two attached hydrogens (primary N) is 1. The Morgan fingerprint density at radius 3 is 2.58 bits per heavy atom. The van der Waals surface area contributed by atoms with Crippen LogP contribution < -0.4 is 11.1 Å².